The van der Waals surface area contributed by atoms with Crippen molar-refractivity contribution in [1.82, 2.24) is 4.90 Å². The lowest BCUT2D eigenvalue weighted by Gasteiger charge is -2.10. The molecule has 1 fully saturated rings. The van der Waals surface area contributed by atoms with Gasteiger partial charge in [-0.1, -0.05) is 5.11 Å². The third kappa shape index (κ3) is 2.03. The molecule has 1 N–H and O–H groups in total. The molecule has 1 saturated heterocycles. The molecule has 12 heavy (non-hydrogen) atoms. The highest BCUT2D eigenvalue weighted by Gasteiger charge is 2.24. The Morgan fingerprint density at radius 2 is 2.58 bits per heavy atom. The van der Waals surface area contributed by atoms with E-state index in [2.05, 4.69) is 10.0 Å². The molecule has 1 amide bonds. The summed E-state index contributed by atoms with van der Waals surface area (Å²) in [6.07, 6.45) is -0.0934. The number of hydrogen-bond acceptors (Lipinski definition) is 2. The van der Waals surface area contributed by atoms with Crippen molar-refractivity contribution in [1.29, 1.82) is 0 Å². The molecule has 0 aromatic heterocycles. The van der Waals surface area contributed by atoms with Crippen molar-refractivity contribution in [2.24, 2.45) is 11.0 Å². The zero-order valence-electron chi connectivity index (χ0n) is 6.55. The number of rotatable bonds is 2. The number of azide groups is 1. The lowest BCUT2D eigenvalue weighted by Crippen LogP contribution is -2.26. The molecule has 0 aromatic rings. The second kappa shape index (κ2) is 3.82. The van der Waals surface area contributed by atoms with Crippen LogP contribution in [-0.2, 0) is 0 Å². The molecule has 1 aliphatic heterocycles. The first-order chi connectivity index (χ1) is 5.74. The van der Waals surface area contributed by atoms with Crippen LogP contribution in [0.1, 0.15) is 6.42 Å². The summed E-state index contributed by atoms with van der Waals surface area (Å²) in [5.41, 5.74) is 8.03. The van der Waals surface area contributed by atoms with Crippen LogP contribution in [0.2, 0.25) is 0 Å². The first-order valence-electron chi connectivity index (χ1n) is 3.72. The summed E-state index contributed by atoms with van der Waals surface area (Å²) in [6.45, 7) is 1.45. The zero-order chi connectivity index (χ0) is 8.97. The van der Waals surface area contributed by atoms with E-state index in [1.54, 1.807) is 0 Å². The fourth-order valence-corrected chi connectivity index (χ4v) is 1.31. The largest absolute Gasteiger partial charge is 0.465 e. The Kier molecular flexibility index (Phi) is 2.76. The van der Waals surface area contributed by atoms with Crippen molar-refractivity contribution in [3.8, 4) is 0 Å². The molecule has 1 atom stereocenters. The standard InChI is InChI=1S/C6H10N4O2/c7-9-8-3-5-1-2-10(4-5)6(11)12/h5H,1-4H2,(H,11,12). The molecular formula is C6H10N4O2. The number of carboxylic acid groups (broad SMARTS) is 1. The molecule has 0 spiro atoms. The van der Waals surface area contributed by atoms with Crippen LogP contribution in [0.15, 0.2) is 5.11 Å². The van der Waals surface area contributed by atoms with Crippen molar-refractivity contribution >= 4 is 6.09 Å². The van der Waals surface area contributed by atoms with Gasteiger partial charge in [0.05, 0.1) is 0 Å². The van der Waals surface area contributed by atoms with E-state index in [1.807, 2.05) is 0 Å². The number of carbonyl (C=O) groups is 1. The van der Waals surface area contributed by atoms with Gasteiger partial charge in [0.15, 0.2) is 0 Å². The molecule has 0 aromatic carbocycles. The van der Waals surface area contributed by atoms with Gasteiger partial charge in [-0.15, -0.1) is 0 Å². The van der Waals surface area contributed by atoms with Gasteiger partial charge in [0.25, 0.3) is 0 Å². The Balaban J connectivity index is 2.35. The number of hydrogen-bond donors (Lipinski definition) is 1. The van der Waals surface area contributed by atoms with Crippen LogP contribution in [0.25, 0.3) is 10.4 Å². The third-order valence-corrected chi connectivity index (χ3v) is 1.96. The van der Waals surface area contributed by atoms with E-state index in [9.17, 15) is 4.79 Å². The first kappa shape index (κ1) is 8.67. The third-order valence-electron chi connectivity index (χ3n) is 1.96. The first-order valence-corrected chi connectivity index (χ1v) is 3.72. The van der Waals surface area contributed by atoms with E-state index in [-0.39, 0.29) is 5.92 Å². The highest BCUT2D eigenvalue weighted by atomic mass is 16.4. The number of likely N-dealkylation sites (tertiary alicyclic amines) is 1. The molecule has 66 valence electrons. The highest BCUT2D eigenvalue weighted by Crippen LogP contribution is 2.16. The molecule has 6 nitrogen and oxygen atoms in total. The van der Waals surface area contributed by atoms with E-state index < -0.39 is 6.09 Å². The summed E-state index contributed by atoms with van der Waals surface area (Å²) in [5, 5.41) is 12.0. The molecule has 1 rings (SSSR count). The van der Waals surface area contributed by atoms with Crippen LogP contribution in [0, 0.1) is 5.92 Å². The van der Waals surface area contributed by atoms with Crippen LogP contribution in [0.3, 0.4) is 0 Å². The topological polar surface area (TPSA) is 89.3 Å². The Bertz CT molecular complexity index is 224. The molecule has 1 aliphatic rings. The minimum absolute atomic E-state index is 0.206. The number of amides is 1. The fourth-order valence-electron chi connectivity index (χ4n) is 1.31. The maximum atomic E-state index is 10.4. The molecule has 0 saturated carbocycles. The van der Waals surface area contributed by atoms with Crippen LogP contribution in [-0.4, -0.2) is 35.7 Å². The Labute approximate surface area is 69.4 Å². The lowest BCUT2D eigenvalue weighted by atomic mass is 10.1. The van der Waals surface area contributed by atoms with Gasteiger partial charge in [0, 0.05) is 24.5 Å². The Morgan fingerprint density at radius 1 is 1.83 bits per heavy atom. The van der Waals surface area contributed by atoms with Crippen molar-refractivity contribution in [2.75, 3.05) is 19.6 Å². The summed E-state index contributed by atoms with van der Waals surface area (Å²) < 4.78 is 0. The van der Waals surface area contributed by atoms with Gasteiger partial charge >= 0.3 is 6.09 Å². The van der Waals surface area contributed by atoms with Gasteiger partial charge in [-0.25, -0.2) is 4.79 Å². The normalized spacial score (nSPS) is 22.0. The van der Waals surface area contributed by atoms with Crippen molar-refractivity contribution in [3.05, 3.63) is 10.4 Å². The summed E-state index contributed by atoms with van der Waals surface area (Å²) in [6, 6.07) is 0. The molecule has 0 aliphatic carbocycles. The molecule has 1 unspecified atom stereocenters. The average molecular weight is 170 g/mol. The maximum Gasteiger partial charge on any atom is 0.407 e. The molecule has 6 heteroatoms. The predicted molar refractivity (Wildman–Crippen MR) is 41.7 cm³/mol. The van der Waals surface area contributed by atoms with Crippen LogP contribution in [0.4, 0.5) is 4.79 Å². The fraction of sp³-hybridized carbons (Fsp3) is 0.833. The van der Waals surface area contributed by atoms with Crippen LogP contribution >= 0.6 is 0 Å². The van der Waals surface area contributed by atoms with Crippen molar-refractivity contribution in [2.45, 2.75) is 6.42 Å². The van der Waals surface area contributed by atoms with E-state index in [0.717, 1.165) is 6.42 Å². The van der Waals surface area contributed by atoms with E-state index in [4.69, 9.17) is 10.6 Å². The summed E-state index contributed by atoms with van der Waals surface area (Å²) in [4.78, 5) is 14.4. The number of nitrogens with zero attached hydrogens (tertiary/aromatic N) is 4. The Morgan fingerprint density at radius 3 is 3.08 bits per heavy atom. The van der Waals surface area contributed by atoms with E-state index in [0.29, 0.717) is 19.6 Å². The summed E-state index contributed by atoms with van der Waals surface area (Å²) in [7, 11) is 0. The smallest absolute Gasteiger partial charge is 0.407 e. The van der Waals surface area contributed by atoms with E-state index in [1.165, 1.54) is 4.90 Å². The van der Waals surface area contributed by atoms with Gasteiger partial charge < -0.3 is 10.0 Å². The second-order valence-electron chi connectivity index (χ2n) is 2.80. The monoisotopic (exact) mass is 170 g/mol. The Hall–Kier alpha value is -1.42. The molecule has 1 heterocycles. The second-order valence-corrected chi connectivity index (χ2v) is 2.80. The van der Waals surface area contributed by atoms with Gasteiger partial charge in [-0.2, -0.15) is 0 Å². The molecular weight excluding hydrogens is 160 g/mol. The van der Waals surface area contributed by atoms with Crippen LogP contribution in [0.5, 0.6) is 0 Å². The quantitative estimate of drug-likeness (QED) is 0.384. The molecule has 0 radical (unpaired) electrons. The van der Waals surface area contributed by atoms with Gasteiger partial charge in [-0.05, 0) is 17.9 Å². The van der Waals surface area contributed by atoms with Gasteiger partial charge in [-0.3, -0.25) is 0 Å². The SMILES string of the molecule is [N-]=[N+]=NCC1CCN(C(=O)O)C1. The summed E-state index contributed by atoms with van der Waals surface area (Å²) >= 11 is 0. The average Bonchev–Trinajstić information content (AvgIpc) is 2.48. The molecule has 0 bridgehead atoms. The highest BCUT2D eigenvalue weighted by molar-refractivity contribution is 5.65. The minimum atomic E-state index is -0.890. The van der Waals surface area contributed by atoms with Gasteiger partial charge in [0.2, 0.25) is 0 Å². The zero-order valence-corrected chi connectivity index (χ0v) is 6.55. The summed E-state index contributed by atoms with van der Waals surface area (Å²) in [5.74, 6) is 0.206. The minimum Gasteiger partial charge on any atom is -0.465 e. The predicted octanol–water partition coefficient (Wildman–Crippen LogP) is 1.30. The van der Waals surface area contributed by atoms with E-state index >= 15 is 0 Å². The maximum absolute atomic E-state index is 10.4. The van der Waals surface area contributed by atoms with Crippen molar-refractivity contribution < 1.29 is 9.90 Å². The lowest BCUT2D eigenvalue weighted by molar-refractivity contribution is 0.154. The van der Waals surface area contributed by atoms with Gasteiger partial charge in [0.1, 0.15) is 0 Å². The van der Waals surface area contributed by atoms with Crippen molar-refractivity contribution in [3.63, 3.8) is 0 Å². The van der Waals surface area contributed by atoms with Crippen LogP contribution < -0.4 is 0 Å².